The molecule has 3 heterocycles. The zero-order valence-corrected chi connectivity index (χ0v) is 16.6. The molecule has 0 aliphatic carbocycles. The maximum Gasteiger partial charge on any atom is 0.234 e. The van der Waals surface area contributed by atoms with Gasteiger partial charge >= 0.3 is 0 Å². The van der Waals surface area contributed by atoms with Gasteiger partial charge in [0.2, 0.25) is 5.91 Å². The van der Waals surface area contributed by atoms with Crippen molar-refractivity contribution in [1.29, 1.82) is 0 Å². The predicted octanol–water partition coefficient (Wildman–Crippen LogP) is 4.24. The fraction of sp³-hybridized carbons (Fsp3) is 0.450. The second-order valence-electron chi connectivity index (χ2n) is 7.04. The number of hydrogen-bond donors (Lipinski definition) is 1. The fourth-order valence-electron chi connectivity index (χ4n) is 3.58. The van der Waals surface area contributed by atoms with Gasteiger partial charge in [-0.25, -0.2) is 4.98 Å². The van der Waals surface area contributed by atoms with Crippen molar-refractivity contribution in [3.63, 3.8) is 0 Å². The Labute approximate surface area is 162 Å². The van der Waals surface area contributed by atoms with E-state index in [1.165, 1.54) is 25.1 Å². The summed E-state index contributed by atoms with van der Waals surface area (Å²) in [6, 6.07) is 6.02. The lowest BCUT2D eigenvalue weighted by Gasteiger charge is -2.07. The summed E-state index contributed by atoms with van der Waals surface area (Å²) in [5.74, 6) is 3.10. The fourth-order valence-corrected chi connectivity index (χ4v) is 4.55. The Morgan fingerprint density at radius 2 is 2.19 bits per heavy atom. The van der Waals surface area contributed by atoms with Gasteiger partial charge < -0.3 is 14.4 Å². The van der Waals surface area contributed by atoms with Crippen LogP contribution in [0.15, 0.2) is 22.7 Å². The normalized spacial score (nSPS) is 14.1. The molecule has 1 N–H and O–H groups in total. The summed E-state index contributed by atoms with van der Waals surface area (Å²) in [6.45, 7) is 4.86. The average Bonchev–Trinajstić information content (AvgIpc) is 3.04. The van der Waals surface area contributed by atoms with Gasteiger partial charge in [0.15, 0.2) is 0 Å². The highest BCUT2D eigenvalue weighted by Crippen LogP contribution is 2.25. The summed E-state index contributed by atoms with van der Waals surface area (Å²) < 4.78 is 7.49. The van der Waals surface area contributed by atoms with E-state index in [0.717, 1.165) is 52.5 Å². The Kier molecular flexibility index (Phi) is 5.20. The molecule has 0 fully saturated rings. The molecule has 3 aromatic rings. The predicted molar refractivity (Wildman–Crippen MR) is 108 cm³/mol. The van der Waals surface area contributed by atoms with Crippen LogP contribution >= 0.6 is 11.8 Å². The molecule has 0 radical (unpaired) electrons. The molecular weight excluding hydrogens is 360 g/mol. The molecule has 4 rings (SSSR count). The van der Waals surface area contributed by atoms with Crippen molar-refractivity contribution < 1.29 is 9.32 Å². The van der Waals surface area contributed by atoms with Crippen LogP contribution in [0.3, 0.4) is 0 Å². The average molecular weight is 385 g/mol. The van der Waals surface area contributed by atoms with Crippen molar-refractivity contribution in [2.45, 2.75) is 51.8 Å². The number of aryl methyl sites for hydroxylation is 4. The summed E-state index contributed by atoms with van der Waals surface area (Å²) in [5.41, 5.74) is 4.91. The summed E-state index contributed by atoms with van der Waals surface area (Å²) in [5, 5.41) is 6.93. The number of hydrogen-bond acceptors (Lipinski definition) is 5. The first kappa shape index (κ1) is 18.1. The number of nitrogens with zero attached hydrogens (tertiary/aromatic N) is 3. The maximum absolute atomic E-state index is 12.3. The van der Waals surface area contributed by atoms with Crippen molar-refractivity contribution in [3.05, 3.63) is 41.0 Å². The standard InChI is InChI=1S/C20H24N4O2S/c1-13-16(14(2)26-23-13)11-27-12-20(25)21-15-7-8-18-17(10-15)22-19-6-4-3-5-9-24(18)19/h7-8,10H,3-6,9,11-12H2,1-2H3,(H,21,25). The molecule has 0 saturated heterocycles. The number of anilines is 1. The monoisotopic (exact) mass is 384 g/mol. The maximum atomic E-state index is 12.3. The molecule has 142 valence electrons. The largest absolute Gasteiger partial charge is 0.361 e. The second kappa shape index (κ2) is 7.76. The molecular formula is C20H24N4O2S. The number of carbonyl (C=O) groups excluding carboxylic acids is 1. The molecule has 2 aromatic heterocycles. The van der Waals surface area contributed by atoms with E-state index in [1.807, 2.05) is 26.0 Å². The van der Waals surface area contributed by atoms with E-state index in [0.29, 0.717) is 5.75 Å². The van der Waals surface area contributed by atoms with Crippen LogP contribution in [0.5, 0.6) is 0 Å². The van der Waals surface area contributed by atoms with E-state index in [9.17, 15) is 4.79 Å². The van der Waals surface area contributed by atoms with Crippen LogP contribution in [0.4, 0.5) is 5.69 Å². The Hall–Kier alpha value is -2.28. The molecule has 7 heteroatoms. The zero-order chi connectivity index (χ0) is 18.8. The van der Waals surface area contributed by atoms with E-state index < -0.39 is 0 Å². The molecule has 1 amide bonds. The van der Waals surface area contributed by atoms with Crippen molar-refractivity contribution >= 4 is 34.4 Å². The highest BCUT2D eigenvalue weighted by Gasteiger charge is 2.14. The molecule has 0 atom stereocenters. The van der Waals surface area contributed by atoms with Gasteiger partial charge in [-0.2, -0.15) is 0 Å². The minimum absolute atomic E-state index is 0.00752. The molecule has 0 saturated carbocycles. The summed E-state index contributed by atoms with van der Waals surface area (Å²) in [4.78, 5) is 17.1. The molecule has 1 aromatic carbocycles. The first-order valence-corrected chi connectivity index (χ1v) is 10.6. The van der Waals surface area contributed by atoms with Crippen molar-refractivity contribution in [1.82, 2.24) is 14.7 Å². The second-order valence-corrected chi connectivity index (χ2v) is 8.02. The van der Waals surface area contributed by atoms with Crippen LogP contribution < -0.4 is 5.32 Å². The van der Waals surface area contributed by atoms with Gasteiger partial charge in [-0.3, -0.25) is 4.79 Å². The number of amides is 1. The Balaban J connectivity index is 1.38. The molecule has 1 aliphatic rings. The number of thioether (sulfide) groups is 1. The molecule has 27 heavy (non-hydrogen) atoms. The van der Waals surface area contributed by atoms with Crippen LogP contribution in [-0.2, 0) is 23.5 Å². The summed E-state index contributed by atoms with van der Waals surface area (Å²) in [7, 11) is 0. The number of rotatable bonds is 5. The van der Waals surface area contributed by atoms with E-state index in [-0.39, 0.29) is 5.91 Å². The topological polar surface area (TPSA) is 73.0 Å². The van der Waals surface area contributed by atoms with Crippen molar-refractivity contribution in [2.75, 3.05) is 11.1 Å². The number of benzene rings is 1. The van der Waals surface area contributed by atoms with Gasteiger partial charge in [-0.05, 0) is 44.9 Å². The SMILES string of the molecule is Cc1noc(C)c1CSCC(=O)Nc1ccc2c(c1)nc1n2CCCCC1. The summed E-state index contributed by atoms with van der Waals surface area (Å²) >= 11 is 1.56. The van der Waals surface area contributed by atoms with Crippen LogP contribution in [-0.4, -0.2) is 26.4 Å². The molecule has 6 nitrogen and oxygen atoms in total. The number of carbonyl (C=O) groups is 1. The van der Waals surface area contributed by atoms with Crippen LogP contribution in [0.25, 0.3) is 11.0 Å². The number of nitrogens with one attached hydrogen (secondary N) is 1. The van der Waals surface area contributed by atoms with Crippen molar-refractivity contribution in [2.24, 2.45) is 0 Å². The third-order valence-electron chi connectivity index (χ3n) is 5.05. The Morgan fingerprint density at radius 3 is 3.00 bits per heavy atom. The number of imidazole rings is 1. The molecule has 1 aliphatic heterocycles. The van der Waals surface area contributed by atoms with Crippen molar-refractivity contribution in [3.8, 4) is 0 Å². The highest BCUT2D eigenvalue weighted by molar-refractivity contribution is 7.99. The molecule has 0 unspecified atom stereocenters. The Bertz CT molecular complexity index is 956. The highest BCUT2D eigenvalue weighted by atomic mass is 32.2. The van der Waals surface area contributed by atoms with E-state index in [4.69, 9.17) is 9.51 Å². The first-order valence-electron chi connectivity index (χ1n) is 9.40. The van der Waals surface area contributed by atoms with Crippen LogP contribution in [0.2, 0.25) is 0 Å². The van der Waals surface area contributed by atoms with Crippen LogP contribution in [0.1, 0.15) is 42.1 Å². The van der Waals surface area contributed by atoms with E-state index in [2.05, 4.69) is 21.1 Å². The third kappa shape index (κ3) is 3.88. The number of fused-ring (bicyclic) bond motifs is 3. The Morgan fingerprint density at radius 1 is 1.30 bits per heavy atom. The first-order chi connectivity index (χ1) is 13.1. The lowest BCUT2D eigenvalue weighted by Crippen LogP contribution is -2.14. The van der Waals surface area contributed by atoms with Gasteiger partial charge in [-0.15, -0.1) is 11.8 Å². The van der Waals surface area contributed by atoms with Gasteiger partial charge in [0, 0.05) is 30.0 Å². The number of aromatic nitrogens is 3. The lowest BCUT2D eigenvalue weighted by molar-refractivity contribution is -0.113. The molecule has 0 spiro atoms. The quantitative estimate of drug-likeness (QED) is 0.712. The van der Waals surface area contributed by atoms with E-state index in [1.54, 1.807) is 11.8 Å². The smallest absolute Gasteiger partial charge is 0.234 e. The van der Waals surface area contributed by atoms with Gasteiger partial charge in [0.25, 0.3) is 0 Å². The lowest BCUT2D eigenvalue weighted by atomic mass is 10.2. The molecule has 0 bridgehead atoms. The van der Waals surface area contributed by atoms with Crippen LogP contribution in [0, 0.1) is 13.8 Å². The van der Waals surface area contributed by atoms with E-state index >= 15 is 0 Å². The van der Waals surface area contributed by atoms with Gasteiger partial charge in [-0.1, -0.05) is 11.6 Å². The van der Waals surface area contributed by atoms with Gasteiger partial charge in [0.05, 0.1) is 22.5 Å². The minimum atomic E-state index is -0.00752. The summed E-state index contributed by atoms with van der Waals surface area (Å²) in [6.07, 6.45) is 4.72. The third-order valence-corrected chi connectivity index (χ3v) is 6.01. The van der Waals surface area contributed by atoms with Gasteiger partial charge in [0.1, 0.15) is 11.6 Å². The zero-order valence-electron chi connectivity index (χ0n) is 15.7. The minimum Gasteiger partial charge on any atom is -0.361 e.